The minimum Gasteiger partial charge on any atom is -0.490 e. The molecule has 0 saturated carbocycles. The van der Waals surface area contributed by atoms with Gasteiger partial charge < -0.3 is 14.5 Å². The highest BCUT2D eigenvalue weighted by Gasteiger charge is 2.30. The van der Waals surface area contributed by atoms with Gasteiger partial charge in [-0.25, -0.2) is 9.97 Å². The fraction of sp³-hybridized carbons (Fsp3) is 0.172. The normalized spacial score (nSPS) is 11.7. The van der Waals surface area contributed by atoms with Crippen LogP contribution in [0.3, 0.4) is 0 Å². The van der Waals surface area contributed by atoms with Crippen molar-refractivity contribution in [2.24, 2.45) is 0 Å². The van der Waals surface area contributed by atoms with Gasteiger partial charge in [-0.15, -0.1) is 0 Å². The lowest BCUT2D eigenvalue weighted by Gasteiger charge is -2.15. The second-order valence-corrected chi connectivity index (χ2v) is 8.85. The summed E-state index contributed by atoms with van der Waals surface area (Å²) in [5, 5.41) is 0. The summed E-state index contributed by atoms with van der Waals surface area (Å²) in [6.07, 6.45) is -2.96. The van der Waals surface area contributed by atoms with E-state index in [9.17, 15) is 13.2 Å². The number of aromatic nitrogens is 3. The number of H-pyrrole nitrogens is 1. The van der Waals surface area contributed by atoms with Crippen LogP contribution in [-0.2, 0) is 12.8 Å². The fourth-order valence-electron chi connectivity index (χ4n) is 3.94. The van der Waals surface area contributed by atoms with Crippen molar-refractivity contribution in [2.45, 2.75) is 32.7 Å². The molecule has 0 aliphatic carbocycles. The molecule has 37 heavy (non-hydrogen) atoms. The second-order valence-electron chi connectivity index (χ2n) is 8.85. The number of imidazole rings is 1. The smallest absolute Gasteiger partial charge is 0.416 e. The standard InChI is InChI=1S/C29H24F3N3O2/c1-18(2)37-26-12-11-23(36-17-19-7-4-3-5-8-19)15-24(26)27-34-25-14-21(16-33-28(25)35-27)20-9-6-10-22(13-20)29(30,31)32/h3-16,18H,17H2,1-2H3,(H,33,34,35). The number of nitrogens with zero attached hydrogens (tertiary/aromatic N) is 2. The Morgan fingerprint density at radius 1 is 0.892 bits per heavy atom. The predicted octanol–water partition coefficient (Wildman–Crippen LogP) is 7.68. The second kappa shape index (κ2) is 9.97. The molecule has 0 radical (unpaired) electrons. The lowest BCUT2D eigenvalue weighted by Crippen LogP contribution is -2.07. The van der Waals surface area contributed by atoms with Crippen molar-refractivity contribution in [3.8, 4) is 34.0 Å². The van der Waals surface area contributed by atoms with Gasteiger partial charge in [-0.3, -0.25) is 0 Å². The van der Waals surface area contributed by atoms with Gasteiger partial charge in [0.2, 0.25) is 0 Å². The molecule has 8 heteroatoms. The van der Waals surface area contributed by atoms with Crippen molar-refractivity contribution in [3.63, 3.8) is 0 Å². The van der Waals surface area contributed by atoms with Crippen molar-refractivity contribution in [1.82, 2.24) is 15.0 Å². The third kappa shape index (κ3) is 5.58. The van der Waals surface area contributed by atoms with Crippen molar-refractivity contribution in [1.29, 1.82) is 0 Å². The molecular weight excluding hydrogens is 479 g/mol. The molecule has 0 unspecified atom stereocenters. The maximum absolute atomic E-state index is 13.2. The Balaban J connectivity index is 1.49. The Hall–Kier alpha value is -4.33. The molecule has 2 aromatic heterocycles. The highest BCUT2D eigenvalue weighted by atomic mass is 19.4. The van der Waals surface area contributed by atoms with E-state index in [1.165, 1.54) is 12.3 Å². The van der Waals surface area contributed by atoms with Crippen LogP contribution >= 0.6 is 0 Å². The summed E-state index contributed by atoms with van der Waals surface area (Å²) < 4.78 is 51.6. The van der Waals surface area contributed by atoms with E-state index in [0.29, 0.717) is 51.8 Å². The lowest BCUT2D eigenvalue weighted by atomic mass is 10.0. The summed E-state index contributed by atoms with van der Waals surface area (Å²) in [4.78, 5) is 12.3. The minimum absolute atomic E-state index is 0.0650. The molecule has 1 N–H and O–H groups in total. The molecule has 188 valence electrons. The molecule has 0 bridgehead atoms. The molecule has 5 aromatic rings. The van der Waals surface area contributed by atoms with E-state index in [-0.39, 0.29) is 6.10 Å². The van der Waals surface area contributed by atoms with Crippen LogP contribution in [0.25, 0.3) is 33.7 Å². The summed E-state index contributed by atoms with van der Waals surface area (Å²) in [5.74, 6) is 1.79. The van der Waals surface area contributed by atoms with Crippen LogP contribution in [0.1, 0.15) is 25.0 Å². The fourth-order valence-corrected chi connectivity index (χ4v) is 3.94. The van der Waals surface area contributed by atoms with E-state index in [0.717, 1.165) is 17.7 Å². The van der Waals surface area contributed by atoms with Gasteiger partial charge in [-0.2, -0.15) is 13.2 Å². The Morgan fingerprint density at radius 2 is 1.70 bits per heavy atom. The van der Waals surface area contributed by atoms with Crippen molar-refractivity contribution >= 4 is 11.2 Å². The number of hydrogen-bond acceptors (Lipinski definition) is 4. The van der Waals surface area contributed by atoms with E-state index in [2.05, 4.69) is 9.97 Å². The largest absolute Gasteiger partial charge is 0.490 e. The van der Waals surface area contributed by atoms with E-state index < -0.39 is 11.7 Å². The number of halogens is 3. The van der Waals surface area contributed by atoms with E-state index >= 15 is 0 Å². The maximum Gasteiger partial charge on any atom is 0.416 e. The molecule has 2 heterocycles. The zero-order valence-electron chi connectivity index (χ0n) is 20.2. The monoisotopic (exact) mass is 503 g/mol. The maximum atomic E-state index is 13.2. The Kier molecular flexibility index (Phi) is 6.56. The lowest BCUT2D eigenvalue weighted by molar-refractivity contribution is -0.137. The molecule has 0 saturated heterocycles. The molecule has 0 aliphatic rings. The summed E-state index contributed by atoms with van der Waals surface area (Å²) in [6.45, 7) is 4.28. The molecular formula is C29H24F3N3O2. The van der Waals surface area contributed by atoms with Gasteiger partial charge in [0.1, 0.15) is 29.4 Å². The third-order valence-corrected chi connectivity index (χ3v) is 5.68. The van der Waals surface area contributed by atoms with Crippen molar-refractivity contribution in [3.05, 3.63) is 96.2 Å². The molecule has 0 atom stereocenters. The number of nitrogens with one attached hydrogen (secondary N) is 1. The number of aromatic amines is 1. The van der Waals surface area contributed by atoms with Gasteiger partial charge in [0.15, 0.2) is 5.65 Å². The topological polar surface area (TPSA) is 60.0 Å². The van der Waals surface area contributed by atoms with Crippen LogP contribution in [0, 0.1) is 0 Å². The van der Waals surface area contributed by atoms with Crippen LogP contribution < -0.4 is 9.47 Å². The first kappa shape index (κ1) is 24.4. The van der Waals surface area contributed by atoms with Crippen LogP contribution in [0.4, 0.5) is 13.2 Å². The Labute approximate surface area is 211 Å². The third-order valence-electron chi connectivity index (χ3n) is 5.68. The SMILES string of the molecule is CC(C)Oc1ccc(OCc2ccccc2)cc1-c1nc2cc(-c3cccc(C(F)(F)F)c3)cnc2[nH]1. The zero-order valence-corrected chi connectivity index (χ0v) is 20.2. The highest BCUT2D eigenvalue weighted by Crippen LogP contribution is 2.35. The van der Waals surface area contributed by atoms with E-state index in [1.807, 2.05) is 62.4 Å². The quantitative estimate of drug-likeness (QED) is 0.248. The van der Waals surface area contributed by atoms with Gasteiger partial charge in [0, 0.05) is 11.8 Å². The van der Waals surface area contributed by atoms with Crippen LogP contribution in [0.2, 0.25) is 0 Å². The van der Waals surface area contributed by atoms with Gasteiger partial charge in [0.25, 0.3) is 0 Å². The first-order valence-corrected chi connectivity index (χ1v) is 11.8. The number of rotatable bonds is 7. The van der Waals surface area contributed by atoms with Crippen LogP contribution in [-0.4, -0.2) is 21.1 Å². The molecule has 0 spiro atoms. The molecule has 5 rings (SSSR count). The van der Waals surface area contributed by atoms with Crippen molar-refractivity contribution in [2.75, 3.05) is 0 Å². The van der Waals surface area contributed by atoms with Gasteiger partial charge >= 0.3 is 6.18 Å². The van der Waals surface area contributed by atoms with Crippen LogP contribution in [0.15, 0.2) is 85.1 Å². The molecule has 0 aliphatic heterocycles. The van der Waals surface area contributed by atoms with Gasteiger partial charge in [-0.1, -0.05) is 42.5 Å². The average Bonchev–Trinajstić information content (AvgIpc) is 3.31. The molecule has 0 fully saturated rings. The number of ether oxygens (including phenoxy) is 2. The first-order chi connectivity index (χ1) is 17.8. The summed E-state index contributed by atoms with van der Waals surface area (Å²) in [7, 11) is 0. The molecule has 3 aromatic carbocycles. The Bertz CT molecular complexity index is 1530. The van der Waals surface area contributed by atoms with E-state index in [1.54, 1.807) is 12.1 Å². The number of pyridine rings is 1. The average molecular weight is 504 g/mol. The van der Waals surface area contributed by atoms with Crippen LogP contribution in [0.5, 0.6) is 11.5 Å². The van der Waals surface area contributed by atoms with Crippen molar-refractivity contribution < 1.29 is 22.6 Å². The summed E-state index contributed by atoms with van der Waals surface area (Å²) >= 11 is 0. The number of alkyl halides is 3. The van der Waals surface area contributed by atoms with Gasteiger partial charge in [-0.05, 0) is 61.4 Å². The predicted molar refractivity (Wildman–Crippen MR) is 136 cm³/mol. The number of benzene rings is 3. The molecule has 0 amide bonds. The first-order valence-electron chi connectivity index (χ1n) is 11.8. The summed E-state index contributed by atoms with van der Waals surface area (Å²) in [5.41, 5.74) is 3.01. The highest BCUT2D eigenvalue weighted by molar-refractivity contribution is 5.82. The summed E-state index contributed by atoms with van der Waals surface area (Å²) in [6, 6.07) is 22.3. The Morgan fingerprint density at radius 3 is 2.46 bits per heavy atom. The van der Waals surface area contributed by atoms with E-state index in [4.69, 9.17) is 14.5 Å². The zero-order chi connectivity index (χ0) is 26.0. The minimum atomic E-state index is -4.42. The van der Waals surface area contributed by atoms with Gasteiger partial charge in [0.05, 0.1) is 17.2 Å². The number of fused-ring (bicyclic) bond motifs is 1. The number of hydrogen-bond donors (Lipinski definition) is 1. The molecule has 5 nitrogen and oxygen atoms in total.